The predicted octanol–water partition coefficient (Wildman–Crippen LogP) is 5.38. The van der Waals surface area contributed by atoms with Gasteiger partial charge < -0.3 is 19.3 Å². The summed E-state index contributed by atoms with van der Waals surface area (Å²) in [6.07, 6.45) is 3.00. The highest BCUT2D eigenvalue weighted by Gasteiger charge is 2.27. The van der Waals surface area contributed by atoms with Gasteiger partial charge in [0.25, 0.3) is 0 Å². The predicted molar refractivity (Wildman–Crippen MR) is 121 cm³/mol. The first-order chi connectivity index (χ1) is 15.6. The third-order valence-electron chi connectivity index (χ3n) is 5.72. The minimum absolute atomic E-state index is 0.0317. The quantitative estimate of drug-likeness (QED) is 0.488. The lowest BCUT2D eigenvalue weighted by Gasteiger charge is -2.18. The van der Waals surface area contributed by atoms with Crippen LogP contribution in [-0.2, 0) is 16.0 Å². The second-order valence-corrected chi connectivity index (χ2v) is 7.71. The minimum atomic E-state index is -0.881. The van der Waals surface area contributed by atoms with E-state index in [2.05, 4.69) is 17.1 Å². The molecular weight excluding hydrogens is 406 g/mol. The van der Waals surface area contributed by atoms with Crippen molar-refractivity contribution in [1.82, 2.24) is 4.98 Å². The molecular formula is C26H27NO5. The number of aromatic nitrogens is 1. The zero-order chi connectivity index (χ0) is 22.5. The molecule has 0 radical (unpaired) electrons. The zero-order valence-electron chi connectivity index (χ0n) is 18.3. The van der Waals surface area contributed by atoms with Gasteiger partial charge in [-0.05, 0) is 60.7 Å². The summed E-state index contributed by atoms with van der Waals surface area (Å²) >= 11 is 0. The van der Waals surface area contributed by atoms with E-state index in [1.807, 2.05) is 49.4 Å². The van der Waals surface area contributed by atoms with E-state index in [1.165, 1.54) is 11.1 Å². The number of carboxylic acids is 1. The van der Waals surface area contributed by atoms with Crippen molar-refractivity contribution in [2.75, 3.05) is 13.7 Å². The third-order valence-corrected chi connectivity index (χ3v) is 5.72. The van der Waals surface area contributed by atoms with E-state index < -0.39 is 12.1 Å². The fraction of sp³-hybridized carbons (Fsp3) is 0.308. The van der Waals surface area contributed by atoms with Crippen molar-refractivity contribution in [3.8, 4) is 22.8 Å². The molecule has 2 aromatic carbocycles. The van der Waals surface area contributed by atoms with Crippen molar-refractivity contribution in [3.63, 3.8) is 0 Å². The fourth-order valence-electron chi connectivity index (χ4n) is 4.20. The van der Waals surface area contributed by atoms with Crippen LogP contribution >= 0.6 is 0 Å². The Morgan fingerprint density at radius 3 is 2.56 bits per heavy atom. The number of carboxylic acid groups (broad SMARTS) is 1. The van der Waals surface area contributed by atoms with Gasteiger partial charge in [0.15, 0.2) is 0 Å². The van der Waals surface area contributed by atoms with Crippen LogP contribution in [0.4, 0.5) is 0 Å². The summed E-state index contributed by atoms with van der Waals surface area (Å²) in [4.78, 5) is 15.7. The lowest BCUT2D eigenvalue weighted by molar-refractivity contribution is -0.140. The molecule has 1 aliphatic carbocycles. The van der Waals surface area contributed by atoms with Crippen molar-refractivity contribution in [1.29, 1.82) is 0 Å². The van der Waals surface area contributed by atoms with Crippen LogP contribution in [0.2, 0.25) is 0 Å². The molecule has 0 saturated carbocycles. The molecule has 0 fully saturated rings. The number of aliphatic carboxylic acids is 1. The van der Waals surface area contributed by atoms with Gasteiger partial charge in [0.2, 0.25) is 0 Å². The van der Waals surface area contributed by atoms with Crippen molar-refractivity contribution in [3.05, 3.63) is 77.5 Å². The van der Waals surface area contributed by atoms with E-state index in [0.717, 1.165) is 41.2 Å². The summed E-state index contributed by atoms with van der Waals surface area (Å²) < 4.78 is 17.1. The molecule has 1 N–H and O–H groups in total. The number of nitrogens with zero attached hydrogens (tertiary/aromatic N) is 1. The largest absolute Gasteiger partial charge is 0.495 e. The molecule has 1 heterocycles. The first-order valence-electron chi connectivity index (χ1n) is 10.8. The number of hydrogen-bond donors (Lipinski definition) is 1. The van der Waals surface area contributed by atoms with Crippen molar-refractivity contribution in [2.45, 2.75) is 38.4 Å². The highest BCUT2D eigenvalue weighted by atomic mass is 16.5. The number of hydrogen-bond acceptors (Lipinski definition) is 5. The number of carbonyl (C=O) groups is 1. The van der Waals surface area contributed by atoms with Gasteiger partial charge in [-0.2, -0.15) is 0 Å². The van der Waals surface area contributed by atoms with E-state index in [1.54, 1.807) is 13.3 Å². The Hall–Kier alpha value is -3.38. The maximum absolute atomic E-state index is 11.1. The molecule has 1 aromatic heterocycles. The lowest BCUT2D eigenvalue weighted by atomic mass is 10.00. The van der Waals surface area contributed by atoms with Crippen LogP contribution in [0.5, 0.6) is 11.5 Å². The molecule has 4 rings (SSSR count). The van der Waals surface area contributed by atoms with Gasteiger partial charge in [0.1, 0.15) is 17.6 Å². The standard InChI is InChI=1S/C26H27NO5/c1-3-31-25(15-26(28)29)17-7-9-18(10-8-17)32-24-14-12-20-21(5-4-6-22(20)24)23-13-11-19(30-2)16-27-23/h4-11,13,16,24-25H,3,12,14-15H2,1-2H3,(H,28,29)/t24-,25+/m1/s1. The van der Waals surface area contributed by atoms with Crippen molar-refractivity contribution >= 4 is 5.97 Å². The van der Waals surface area contributed by atoms with Crippen LogP contribution in [0.1, 0.15) is 48.7 Å². The normalized spacial score (nSPS) is 15.8. The van der Waals surface area contributed by atoms with Crippen LogP contribution in [0.25, 0.3) is 11.3 Å². The van der Waals surface area contributed by atoms with Crippen LogP contribution in [0.3, 0.4) is 0 Å². The maximum Gasteiger partial charge on any atom is 0.306 e. The summed E-state index contributed by atoms with van der Waals surface area (Å²) in [6, 6.07) is 17.7. The Morgan fingerprint density at radius 2 is 1.91 bits per heavy atom. The average Bonchev–Trinajstić information content (AvgIpc) is 3.22. The molecule has 0 saturated heterocycles. The third kappa shape index (κ3) is 4.75. The highest BCUT2D eigenvalue weighted by molar-refractivity contribution is 5.68. The summed E-state index contributed by atoms with van der Waals surface area (Å²) in [5.41, 5.74) is 5.33. The number of fused-ring (bicyclic) bond motifs is 1. The molecule has 0 unspecified atom stereocenters. The van der Waals surface area contributed by atoms with E-state index in [-0.39, 0.29) is 12.5 Å². The van der Waals surface area contributed by atoms with Gasteiger partial charge in [-0.25, -0.2) is 0 Å². The molecule has 0 aliphatic heterocycles. The van der Waals surface area contributed by atoms with Gasteiger partial charge in [-0.15, -0.1) is 0 Å². The van der Waals surface area contributed by atoms with Gasteiger partial charge in [-0.3, -0.25) is 9.78 Å². The topological polar surface area (TPSA) is 77.9 Å². The number of benzene rings is 2. The maximum atomic E-state index is 11.1. The molecule has 166 valence electrons. The Kier molecular flexibility index (Phi) is 6.71. The molecule has 3 aromatic rings. The smallest absolute Gasteiger partial charge is 0.306 e. The lowest BCUT2D eigenvalue weighted by Crippen LogP contribution is -2.10. The van der Waals surface area contributed by atoms with E-state index in [0.29, 0.717) is 6.61 Å². The average molecular weight is 434 g/mol. The van der Waals surface area contributed by atoms with Gasteiger partial charge in [-0.1, -0.05) is 30.3 Å². The van der Waals surface area contributed by atoms with E-state index >= 15 is 0 Å². The molecule has 0 spiro atoms. The SMILES string of the molecule is CCO[C@@H](CC(=O)O)c1ccc(O[C@@H]2CCc3c(-c4ccc(OC)cn4)cccc32)cc1. The molecule has 6 heteroatoms. The Morgan fingerprint density at radius 1 is 1.12 bits per heavy atom. The Labute approximate surface area is 187 Å². The number of methoxy groups -OCH3 is 1. The van der Waals surface area contributed by atoms with Crippen LogP contribution in [0.15, 0.2) is 60.8 Å². The van der Waals surface area contributed by atoms with Gasteiger partial charge in [0.05, 0.1) is 31.5 Å². The number of rotatable bonds is 9. The second kappa shape index (κ2) is 9.83. The molecule has 1 aliphatic rings. The fourth-order valence-corrected chi connectivity index (χ4v) is 4.20. The van der Waals surface area contributed by atoms with Crippen molar-refractivity contribution in [2.24, 2.45) is 0 Å². The first-order valence-corrected chi connectivity index (χ1v) is 10.8. The van der Waals surface area contributed by atoms with Gasteiger partial charge >= 0.3 is 5.97 Å². The van der Waals surface area contributed by atoms with E-state index in [4.69, 9.17) is 19.3 Å². The van der Waals surface area contributed by atoms with Crippen LogP contribution in [-0.4, -0.2) is 29.8 Å². The minimum Gasteiger partial charge on any atom is -0.495 e. The first kappa shape index (κ1) is 21.8. The molecule has 6 nitrogen and oxygen atoms in total. The molecule has 0 bridgehead atoms. The Balaban J connectivity index is 1.51. The number of pyridine rings is 1. The highest BCUT2D eigenvalue weighted by Crippen LogP contribution is 2.40. The second-order valence-electron chi connectivity index (χ2n) is 7.71. The zero-order valence-corrected chi connectivity index (χ0v) is 18.3. The summed E-state index contributed by atoms with van der Waals surface area (Å²) in [6.45, 7) is 2.32. The number of ether oxygens (including phenoxy) is 3. The van der Waals surface area contributed by atoms with Crippen LogP contribution < -0.4 is 9.47 Å². The molecule has 2 atom stereocenters. The van der Waals surface area contributed by atoms with Gasteiger partial charge in [0, 0.05) is 12.2 Å². The summed E-state index contributed by atoms with van der Waals surface area (Å²) in [5, 5.41) is 9.12. The molecule has 32 heavy (non-hydrogen) atoms. The summed E-state index contributed by atoms with van der Waals surface area (Å²) in [5.74, 6) is 0.611. The van der Waals surface area contributed by atoms with Crippen molar-refractivity contribution < 1.29 is 24.1 Å². The molecule has 0 amide bonds. The van der Waals surface area contributed by atoms with Crippen LogP contribution in [0, 0.1) is 0 Å². The Bertz CT molecular complexity index is 1060. The summed E-state index contributed by atoms with van der Waals surface area (Å²) in [7, 11) is 1.63. The van der Waals surface area contributed by atoms with E-state index in [9.17, 15) is 4.79 Å². The monoisotopic (exact) mass is 433 g/mol.